The summed E-state index contributed by atoms with van der Waals surface area (Å²) in [5, 5.41) is 3.30. The first kappa shape index (κ1) is 16.5. The van der Waals surface area contributed by atoms with Crippen LogP contribution in [0.5, 0.6) is 5.75 Å². The number of rotatable bonds is 5. The zero-order valence-electron chi connectivity index (χ0n) is 14.0. The van der Waals surface area contributed by atoms with Crippen molar-refractivity contribution in [3.8, 4) is 5.75 Å². The van der Waals surface area contributed by atoms with Crippen LogP contribution in [0.25, 0.3) is 10.9 Å². The van der Waals surface area contributed by atoms with Gasteiger partial charge in [-0.3, -0.25) is 9.59 Å². The Labute approximate surface area is 140 Å². The highest BCUT2D eigenvalue weighted by atomic mass is 16.5. The smallest absolute Gasteiger partial charge is 0.256 e. The molecule has 1 amide bonds. The molecule has 1 fully saturated rings. The second kappa shape index (κ2) is 7.05. The van der Waals surface area contributed by atoms with E-state index < -0.39 is 0 Å². The van der Waals surface area contributed by atoms with Crippen molar-refractivity contribution in [1.29, 1.82) is 0 Å². The molecule has 2 heterocycles. The number of aryl methyl sites for hydroxylation is 1. The summed E-state index contributed by atoms with van der Waals surface area (Å²) in [6.45, 7) is 3.80. The molecule has 128 valence electrons. The SMILES string of the molecule is CCn1cc(C(=O)NC[C@@H]2CCCO2)c(=O)c2cc(OC)ccc21. The molecule has 6 heteroatoms. The number of pyridine rings is 1. The van der Waals surface area contributed by atoms with E-state index in [1.165, 1.54) is 0 Å². The number of aromatic nitrogens is 1. The van der Waals surface area contributed by atoms with Crippen LogP contribution in [0.1, 0.15) is 30.1 Å². The molecule has 0 radical (unpaired) electrons. The number of benzene rings is 1. The monoisotopic (exact) mass is 330 g/mol. The molecule has 1 aliphatic rings. The molecule has 0 spiro atoms. The Morgan fingerprint density at radius 3 is 2.96 bits per heavy atom. The number of nitrogens with zero attached hydrogens (tertiary/aromatic N) is 1. The highest BCUT2D eigenvalue weighted by Crippen LogP contribution is 2.19. The summed E-state index contributed by atoms with van der Waals surface area (Å²) < 4.78 is 12.6. The van der Waals surface area contributed by atoms with Gasteiger partial charge in [0.25, 0.3) is 5.91 Å². The Hall–Kier alpha value is -2.34. The van der Waals surface area contributed by atoms with Crippen molar-refractivity contribution >= 4 is 16.8 Å². The van der Waals surface area contributed by atoms with Gasteiger partial charge in [0.15, 0.2) is 0 Å². The number of carbonyl (C=O) groups is 1. The number of hydrogen-bond acceptors (Lipinski definition) is 4. The van der Waals surface area contributed by atoms with Gasteiger partial charge in [-0.05, 0) is 38.0 Å². The predicted octanol–water partition coefficient (Wildman–Crippen LogP) is 1.94. The van der Waals surface area contributed by atoms with Gasteiger partial charge in [-0.15, -0.1) is 0 Å². The third kappa shape index (κ3) is 3.14. The zero-order chi connectivity index (χ0) is 17.1. The van der Waals surface area contributed by atoms with Crippen LogP contribution in [0.15, 0.2) is 29.2 Å². The van der Waals surface area contributed by atoms with Crippen molar-refractivity contribution in [2.75, 3.05) is 20.3 Å². The average molecular weight is 330 g/mol. The number of fused-ring (bicyclic) bond motifs is 1. The zero-order valence-corrected chi connectivity index (χ0v) is 14.0. The van der Waals surface area contributed by atoms with E-state index in [-0.39, 0.29) is 23.0 Å². The van der Waals surface area contributed by atoms with E-state index in [0.717, 1.165) is 25.0 Å². The summed E-state index contributed by atoms with van der Waals surface area (Å²) in [5.41, 5.74) is 0.660. The summed E-state index contributed by atoms with van der Waals surface area (Å²) in [4.78, 5) is 25.2. The summed E-state index contributed by atoms with van der Waals surface area (Å²) in [5.74, 6) is 0.238. The summed E-state index contributed by atoms with van der Waals surface area (Å²) in [6, 6.07) is 5.33. The number of amides is 1. The molecule has 0 saturated carbocycles. The minimum absolute atomic E-state index is 0.0444. The lowest BCUT2D eigenvalue weighted by Gasteiger charge is -2.14. The molecular weight excluding hydrogens is 308 g/mol. The van der Waals surface area contributed by atoms with Crippen molar-refractivity contribution in [1.82, 2.24) is 9.88 Å². The molecule has 24 heavy (non-hydrogen) atoms. The standard InChI is InChI=1S/C18H22N2O4/c1-3-20-11-15(18(22)19-10-13-5-4-8-24-13)17(21)14-9-12(23-2)6-7-16(14)20/h6-7,9,11,13H,3-5,8,10H2,1-2H3,(H,19,22)/t13-/m0/s1. The number of hydrogen-bond donors (Lipinski definition) is 1. The molecule has 1 atom stereocenters. The van der Waals surface area contributed by atoms with E-state index in [0.29, 0.717) is 24.2 Å². The van der Waals surface area contributed by atoms with Crippen molar-refractivity contribution in [2.45, 2.75) is 32.4 Å². The van der Waals surface area contributed by atoms with E-state index in [2.05, 4.69) is 5.32 Å². The van der Waals surface area contributed by atoms with Crippen molar-refractivity contribution in [2.24, 2.45) is 0 Å². The molecule has 1 aromatic heterocycles. The van der Waals surface area contributed by atoms with Crippen molar-refractivity contribution < 1.29 is 14.3 Å². The Bertz CT molecular complexity index is 807. The first-order valence-electron chi connectivity index (χ1n) is 8.25. The molecular formula is C18H22N2O4. The molecule has 6 nitrogen and oxygen atoms in total. The quantitative estimate of drug-likeness (QED) is 0.909. The van der Waals surface area contributed by atoms with Crippen LogP contribution in [-0.2, 0) is 11.3 Å². The lowest BCUT2D eigenvalue weighted by molar-refractivity contribution is 0.0856. The molecule has 1 saturated heterocycles. The van der Waals surface area contributed by atoms with E-state index in [1.54, 1.807) is 19.4 Å². The molecule has 0 aliphatic carbocycles. The topological polar surface area (TPSA) is 69.6 Å². The Morgan fingerprint density at radius 2 is 2.29 bits per heavy atom. The summed E-state index contributed by atoms with van der Waals surface area (Å²) in [6.07, 6.45) is 3.62. The third-order valence-electron chi connectivity index (χ3n) is 4.39. The fourth-order valence-corrected chi connectivity index (χ4v) is 3.03. The highest BCUT2D eigenvalue weighted by molar-refractivity contribution is 5.97. The lowest BCUT2D eigenvalue weighted by atomic mass is 10.1. The maximum atomic E-state index is 12.7. The lowest BCUT2D eigenvalue weighted by Crippen LogP contribution is -2.35. The largest absolute Gasteiger partial charge is 0.497 e. The third-order valence-corrected chi connectivity index (χ3v) is 4.39. The van der Waals surface area contributed by atoms with E-state index >= 15 is 0 Å². The van der Waals surface area contributed by atoms with Gasteiger partial charge in [0, 0.05) is 25.9 Å². The normalized spacial score (nSPS) is 17.2. The number of ether oxygens (including phenoxy) is 2. The first-order valence-corrected chi connectivity index (χ1v) is 8.25. The molecule has 3 rings (SSSR count). The minimum atomic E-state index is -0.359. The van der Waals surface area contributed by atoms with E-state index in [1.807, 2.05) is 23.6 Å². The second-order valence-electron chi connectivity index (χ2n) is 5.89. The molecule has 2 aromatic rings. The molecule has 1 aromatic carbocycles. The van der Waals surface area contributed by atoms with Gasteiger partial charge >= 0.3 is 0 Å². The van der Waals surface area contributed by atoms with Crippen LogP contribution in [0.3, 0.4) is 0 Å². The van der Waals surface area contributed by atoms with Crippen LogP contribution in [0.2, 0.25) is 0 Å². The van der Waals surface area contributed by atoms with Gasteiger partial charge < -0.3 is 19.4 Å². The van der Waals surface area contributed by atoms with Crippen LogP contribution in [0.4, 0.5) is 0 Å². The van der Waals surface area contributed by atoms with Gasteiger partial charge in [0.2, 0.25) is 5.43 Å². The number of carbonyl (C=O) groups excluding carboxylic acids is 1. The molecule has 0 bridgehead atoms. The Morgan fingerprint density at radius 1 is 1.46 bits per heavy atom. The van der Waals surface area contributed by atoms with Crippen molar-refractivity contribution in [3.63, 3.8) is 0 Å². The summed E-state index contributed by atoms with van der Waals surface area (Å²) >= 11 is 0. The molecule has 1 N–H and O–H groups in total. The fraction of sp³-hybridized carbons (Fsp3) is 0.444. The maximum Gasteiger partial charge on any atom is 0.256 e. The van der Waals surface area contributed by atoms with Gasteiger partial charge in [-0.2, -0.15) is 0 Å². The fourth-order valence-electron chi connectivity index (χ4n) is 3.03. The average Bonchev–Trinajstić information content (AvgIpc) is 3.13. The van der Waals surface area contributed by atoms with Crippen LogP contribution in [0, 0.1) is 0 Å². The van der Waals surface area contributed by atoms with Gasteiger partial charge in [0.05, 0.1) is 24.1 Å². The van der Waals surface area contributed by atoms with Crippen molar-refractivity contribution in [3.05, 3.63) is 40.2 Å². The van der Waals surface area contributed by atoms with E-state index in [4.69, 9.17) is 9.47 Å². The maximum absolute atomic E-state index is 12.7. The van der Waals surface area contributed by atoms with E-state index in [9.17, 15) is 9.59 Å². The van der Waals surface area contributed by atoms with Gasteiger partial charge in [0.1, 0.15) is 11.3 Å². The van der Waals surface area contributed by atoms with Crippen LogP contribution < -0.4 is 15.5 Å². The van der Waals surface area contributed by atoms with Gasteiger partial charge in [-0.1, -0.05) is 0 Å². The first-order chi connectivity index (χ1) is 11.6. The van der Waals surface area contributed by atoms with Crippen LogP contribution >= 0.6 is 0 Å². The highest BCUT2D eigenvalue weighted by Gasteiger charge is 2.19. The second-order valence-corrected chi connectivity index (χ2v) is 5.89. The number of methoxy groups -OCH3 is 1. The summed E-state index contributed by atoms with van der Waals surface area (Å²) in [7, 11) is 1.55. The predicted molar refractivity (Wildman–Crippen MR) is 91.7 cm³/mol. The van der Waals surface area contributed by atoms with Crippen LogP contribution in [-0.4, -0.2) is 36.8 Å². The Kier molecular flexibility index (Phi) is 4.85. The number of nitrogens with one attached hydrogen (secondary N) is 1. The Balaban J connectivity index is 1.95. The minimum Gasteiger partial charge on any atom is -0.497 e. The van der Waals surface area contributed by atoms with Gasteiger partial charge in [-0.25, -0.2) is 0 Å². The molecule has 0 unspecified atom stereocenters. The molecule has 1 aliphatic heterocycles.